The van der Waals surface area contributed by atoms with Crippen LogP contribution >= 0.6 is 24.0 Å². The molecule has 1 aromatic rings. The number of hydrogen-bond donors (Lipinski definition) is 1. The van der Waals surface area contributed by atoms with E-state index in [4.69, 9.17) is 4.99 Å². The molecule has 150 valence electrons. The number of carbonyl (C=O) groups excluding carboxylic acids is 1. The second-order valence-electron chi connectivity index (χ2n) is 7.10. The van der Waals surface area contributed by atoms with Crippen LogP contribution in [0.1, 0.15) is 26.3 Å². The average Bonchev–Trinajstić information content (AvgIpc) is 2.96. The van der Waals surface area contributed by atoms with Gasteiger partial charge in [-0.15, -0.1) is 24.0 Å². The summed E-state index contributed by atoms with van der Waals surface area (Å²) in [6.07, 6.45) is 1.12. The molecule has 1 amide bonds. The lowest BCUT2D eigenvalue weighted by Gasteiger charge is -2.36. The van der Waals surface area contributed by atoms with E-state index < -0.39 is 0 Å². The summed E-state index contributed by atoms with van der Waals surface area (Å²) in [5.41, 5.74) is 2.80. The van der Waals surface area contributed by atoms with Gasteiger partial charge in [0, 0.05) is 57.9 Å². The van der Waals surface area contributed by atoms with Crippen LogP contribution in [0.5, 0.6) is 0 Å². The van der Waals surface area contributed by atoms with E-state index in [2.05, 4.69) is 53.2 Å². The maximum Gasteiger partial charge on any atom is 0.219 e. The Hall–Kier alpha value is -1.51. The van der Waals surface area contributed by atoms with Crippen LogP contribution in [0.15, 0.2) is 29.3 Å². The zero-order chi connectivity index (χ0) is 18.5. The van der Waals surface area contributed by atoms with Crippen molar-refractivity contribution in [3.05, 3.63) is 29.8 Å². The molecule has 0 radical (unpaired) electrons. The Morgan fingerprint density at radius 1 is 1.19 bits per heavy atom. The molecule has 0 aliphatic carbocycles. The molecule has 0 bridgehead atoms. The van der Waals surface area contributed by atoms with Gasteiger partial charge in [-0.1, -0.05) is 18.2 Å². The highest BCUT2D eigenvalue weighted by Crippen LogP contribution is 2.31. The Balaban J connectivity index is 0.00000261. The maximum absolute atomic E-state index is 11.5. The minimum atomic E-state index is 0. The van der Waals surface area contributed by atoms with Gasteiger partial charge in [-0.2, -0.15) is 0 Å². The summed E-state index contributed by atoms with van der Waals surface area (Å²) in [6.45, 7) is 11.8. The maximum atomic E-state index is 11.5. The molecule has 2 aliphatic heterocycles. The summed E-state index contributed by atoms with van der Waals surface area (Å²) < 4.78 is 0. The summed E-state index contributed by atoms with van der Waals surface area (Å²) in [6, 6.07) is 9.22. The van der Waals surface area contributed by atoms with Crippen LogP contribution < -0.4 is 10.2 Å². The second kappa shape index (κ2) is 10.1. The number of piperazine rings is 1. The Kier molecular flexibility index (Phi) is 8.19. The fourth-order valence-electron chi connectivity index (χ4n) is 3.89. The fourth-order valence-corrected chi connectivity index (χ4v) is 3.89. The molecule has 0 aromatic heterocycles. The van der Waals surface area contributed by atoms with Gasteiger partial charge in [0.25, 0.3) is 0 Å². The highest BCUT2D eigenvalue weighted by Gasteiger charge is 2.25. The molecule has 1 atom stereocenters. The summed E-state index contributed by atoms with van der Waals surface area (Å²) >= 11 is 0. The molecule has 27 heavy (non-hydrogen) atoms. The first-order valence-corrected chi connectivity index (χ1v) is 9.73. The van der Waals surface area contributed by atoms with Gasteiger partial charge in [-0.3, -0.25) is 9.79 Å². The third kappa shape index (κ3) is 5.27. The van der Waals surface area contributed by atoms with Crippen LogP contribution in [0.25, 0.3) is 0 Å². The van der Waals surface area contributed by atoms with E-state index in [0.29, 0.717) is 6.04 Å². The Morgan fingerprint density at radius 2 is 1.85 bits per heavy atom. The van der Waals surface area contributed by atoms with E-state index in [-0.39, 0.29) is 29.9 Å². The van der Waals surface area contributed by atoms with Crippen molar-refractivity contribution in [3.8, 4) is 0 Å². The van der Waals surface area contributed by atoms with Gasteiger partial charge < -0.3 is 20.0 Å². The summed E-state index contributed by atoms with van der Waals surface area (Å²) in [5.74, 6) is 1.13. The predicted molar refractivity (Wildman–Crippen MR) is 122 cm³/mol. The standard InChI is InChI=1S/C20H31N5O.HI/c1-4-21-20(24-13-11-23(12-14-24)17(3)26)22-9-10-25-16(2)15-18-7-5-6-8-19(18)25;/h5-8,16H,4,9-15H2,1-3H3,(H,21,22);1H. The zero-order valence-electron chi connectivity index (χ0n) is 16.6. The topological polar surface area (TPSA) is 51.2 Å². The quantitative estimate of drug-likeness (QED) is 0.404. The van der Waals surface area contributed by atoms with Crippen molar-refractivity contribution in [2.24, 2.45) is 4.99 Å². The number of nitrogens with one attached hydrogen (secondary N) is 1. The number of fused-ring (bicyclic) bond motifs is 1. The molecule has 6 nitrogen and oxygen atoms in total. The number of nitrogens with zero attached hydrogens (tertiary/aromatic N) is 4. The van der Waals surface area contributed by atoms with E-state index in [9.17, 15) is 4.79 Å². The van der Waals surface area contributed by atoms with Crippen molar-refractivity contribution < 1.29 is 4.79 Å². The largest absolute Gasteiger partial charge is 0.366 e. The van der Waals surface area contributed by atoms with E-state index in [1.165, 1.54) is 11.3 Å². The van der Waals surface area contributed by atoms with Gasteiger partial charge in [0.05, 0.1) is 6.54 Å². The number of hydrogen-bond acceptors (Lipinski definition) is 3. The van der Waals surface area contributed by atoms with Crippen molar-refractivity contribution in [1.29, 1.82) is 0 Å². The molecule has 7 heteroatoms. The number of aliphatic imine (C=N–C) groups is 1. The van der Waals surface area contributed by atoms with Crippen molar-refractivity contribution >= 4 is 41.5 Å². The molecular weight excluding hydrogens is 453 g/mol. The minimum absolute atomic E-state index is 0. The SMILES string of the molecule is CCNC(=NCCN1c2ccccc2CC1C)N1CCN(C(C)=O)CC1.I. The lowest BCUT2D eigenvalue weighted by atomic mass is 10.1. The Bertz CT molecular complexity index is 658. The Morgan fingerprint density at radius 3 is 2.52 bits per heavy atom. The van der Waals surface area contributed by atoms with Crippen molar-refractivity contribution in [1.82, 2.24) is 15.1 Å². The molecule has 1 N–H and O–H groups in total. The second-order valence-corrected chi connectivity index (χ2v) is 7.10. The highest BCUT2D eigenvalue weighted by atomic mass is 127. The number of guanidine groups is 1. The molecule has 1 unspecified atom stereocenters. The van der Waals surface area contributed by atoms with Crippen LogP contribution in [0.3, 0.4) is 0 Å². The molecule has 2 aliphatic rings. The van der Waals surface area contributed by atoms with Gasteiger partial charge in [-0.05, 0) is 31.9 Å². The van der Waals surface area contributed by atoms with Crippen molar-refractivity contribution in [3.63, 3.8) is 0 Å². The lowest BCUT2D eigenvalue weighted by molar-refractivity contribution is -0.130. The summed E-state index contributed by atoms with van der Waals surface area (Å²) in [5, 5.41) is 3.41. The molecular formula is C20H32IN5O. The minimum Gasteiger partial charge on any atom is -0.366 e. The summed E-state index contributed by atoms with van der Waals surface area (Å²) in [7, 11) is 0. The molecule has 1 saturated heterocycles. The highest BCUT2D eigenvalue weighted by molar-refractivity contribution is 14.0. The van der Waals surface area contributed by atoms with Crippen LogP contribution in [0.2, 0.25) is 0 Å². The number of amides is 1. The van der Waals surface area contributed by atoms with Crippen LogP contribution in [-0.2, 0) is 11.2 Å². The Labute approximate surface area is 180 Å². The van der Waals surface area contributed by atoms with E-state index in [1.54, 1.807) is 6.92 Å². The molecule has 0 saturated carbocycles. The van der Waals surface area contributed by atoms with Crippen LogP contribution in [-0.4, -0.2) is 73.5 Å². The summed E-state index contributed by atoms with van der Waals surface area (Å²) in [4.78, 5) is 23.0. The number of carbonyl (C=O) groups is 1. The number of halogens is 1. The zero-order valence-corrected chi connectivity index (χ0v) is 19.0. The van der Waals surface area contributed by atoms with E-state index in [1.807, 2.05) is 4.90 Å². The van der Waals surface area contributed by atoms with Gasteiger partial charge in [0.15, 0.2) is 5.96 Å². The first-order chi connectivity index (χ1) is 12.6. The van der Waals surface area contributed by atoms with Crippen LogP contribution in [0, 0.1) is 0 Å². The number of rotatable bonds is 4. The third-order valence-corrected chi connectivity index (χ3v) is 5.31. The van der Waals surface area contributed by atoms with Gasteiger partial charge in [-0.25, -0.2) is 0 Å². The molecule has 0 spiro atoms. The van der Waals surface area contributed by atoms with Crippen LogP contribution in [0.4, 0.5) is 5.69 Å². The molecule has 1 aromatic carbocycles. The molecule has 2 heterocycles. The van der Waals surface area contributed by atoms with Crippen molar-refractivity contribution in [2.45, 2.75) is 33.2 Å². The normalized spacial score (nSPS) is 19.6. The molecule has 1 fully saturated rings. The first-order valence-electron chi connectivity index (χ1n) is 9.73. The van der Waals surface area contributed by atoms with Gasteiger partial charge >= 0.3 is 0 Å². The number of anilines is 1. The van der Waals surface area contributed by atoms with Gasteiger partial charge in [0.1, 0.15) is 0 Å². The first kappa shape index (κ1) is 21.8. The molecule has 3 rings (SSSR count). The average molecular weight is 485 g/mol. The number of para-hydroxylation sites is 1. The monoisotopic (exact) mass is 485 g/mol. The van der Waals surface area contributed by atoms with E-state index in [0.717, 1.165) is 58.2 Å². The van der Waals surface area contributed by atoms with Gasteiger partial charge in [0.2, 0.25) is 5.91 Å². The predicted octanol–water partition coefficient (Wildman–Crippen LogP) is 2.19. The smallest absolute Gasteiger partial charge is 0.219 e. The number of benzene rings is 1. The fraction of sp³-hybridized carbons (Fsp3) is 0.600. The van der Waals surface area contributed by atoms with Crippen molar-refractivity contribution in [2.75, 3.05) is 50.7 Å². The lowest BCUT2D eigenvalue weighted by Crippen LogP contribution is -2.53. The van der Waals surface area contributed by atoms with E-state index >= 15 is 0 Å². The third-order valence-electron chi connectivity index (χ3n) is 5.31.